The molecule has 0 amide bonds. The van der Waals surface area contributed by atoms with Gasteiger partial charge in [0.2, 0.25) is 0 Å². The molecule has 21 heavy (non-hydrogen) atoms. The van der Waals surface area contributed by atoms with Crippen LogP contribution in [0.2, 0.25) is 0 Å². The van der Waals surface area contributed by atoms with Crippen molar-refractivity contribution in [3.05, 3.63) is 16.8 Å². The van der Waals surface area contributed by atoms with E-state index in [-0.39, 0.29) is 34.1 Å². The fourth-order valence-corrected chi connectivity index (χ4v) is 4.66. The molecule has 0 unspecified atom stereocenters. The zero-order valence-electron chi connectivity index (χ0n) is 11.9. The van der Waals surface area contributed by atoms with Gasteiger partial charge in [0, 0.05) is 21.1 Å². The summed E-state index contributed by atoms with van der Waals surface area (Å²) in [5.41, 5.74) is 3.00. The molecule has 0 spiro atoms. The third kappa shape index (κ3) is 4.90. The van der Waals surface area contributed by atoms with Crippen LogP contribution in [0.4, 0.5) is 0 Å². The lowest BCUT2D eigenvalue weighted by Gasteiger charge is -2.38. The Morgan fingerprint density at radius 2 is 1.86 bits per heavy atom. The van der Waals surface area contributed by atoms with Gasteiger partial charge in [-0.15, -0.1) is 5.73 Å². The van der Waals surface area contributed by atoms with Crippen molar-refractivity contribution in [2.75, 3.05) is 0 Å². The molecule has 6 heteroatoms. The van der Waals surface area contributed by atoms with E-state index in [0.717, 1.165) is 25.7 Å². The number of ether oxygens (including phenoxy) is 2. The Balaban J connectivity index is 1.93. The maximum atomic E-state index is 10.2. The quantitative estimate of drug-likeness (QED) is 0.479. The highest BCUT2D eigenvalue weighted by Crippen LogP contribution is 2.35. The predicted molar refractivity (Wildman–Crippen MR) is 94.5 cm³/mol. The van der Waals surface area contributed by atoms with Crippen molar-refractivity contribution in [3.63, 3.8) is 0 Å². The minimum atomic E-state index is -0.433. The van der Waals surface area contributed by atoms with E-state index in [1.54, 1.807) is 4.99 Å². The number of alkyl halides is 2. The van der Waals surface area contributed by atoms with Gasteiger partial charge in [-0.1, -0.05) is 54.7 Å². The molecule has 0 radical (unpaired) electrons. The van der Waals surface area contributed by atoms with Crippen LogP contribution in [-0.4, -0.2) is 45.3 Å². The van der Waals surface area contributed by atoms with Crippen molar-refractivity contribution in [3.8, 4) is 0 Å². The SMILES string of the molecule is CC[C@@H]1O[C@H](C[C@H]2O[C@@H](C=C=CBr)C[C@H]2Br)[C@H](O)C[C@H]1Br. The molecular weight excluding hydrogens is 468 g/mol. The Labute approximate surface area is 151 Å². The molecule has 2 fully saturated rings. The Morgan fingerprint density at radius 3 is 2.52 bits per heavy atom. The van der Waals surface area contributed by atoms with Gasteiger partial charge in [0.15, 0.2) is 0 Å². The second-order valence-corrected chi connectivity index (χ2v) is 8.39. The number of hydrogen-bond donors (Lipinski definition) is 1. The maximum absolute atomic E-state index is 10.2. The Bertz CT molecular complexity index is 398. The highest BCUT2D eigenvalue weighted by atomic mass is 79.9. The summed E-state index contributed by atoms with van der Waals surface area (Å²) in [6.07, 6.45) is 4.95. The summed E-state index contributed by atoms with van der Waals surface area (Å²) >= 11 is 10.5. The van der Waals surface area contributed by atoms with E-state index in [1.165, 1.54) is 0 Å². The fraction of sp³-hybridized carbons (Fsp3) is 0.800. The third-order valence-electron chi connectivity index (χ3n) is 4.07. The smallest absolute Gasteiger partial charge is 0.0863 e. The average Bonchev–Trinajstić information content (AvgIpc) is 2.80. The second-order valence-electron chi connectivity index (χ2n) is 5.58. The van der Waals surface area contributed by atoms with Crippen LogP contribution >= 0.6 is 47.8 Å². The summed E-state index contributed by atoms with van der Waals surface area (Å²) in [5.74, 6) is 0. The first-order chi connectivity index (χ1) is 10.0. The van der Waals surface area contributed by atoms with Gasteiger partial charge in [0.05, 0.1) is 30.5 Å². The Morgan fingerprint density at radius 1 is 1.14 bits per heavy atom. The summed E-state index contributed by atoms with van der Waals surface area (Å²) < 4.78 is 12.1. The van der Waals surface area contributed by atoms with Gasteiger partial charge < -0.3 is 14.6 Å². The van der Waals surface area contributed by atoms with Gasteiger partial charge in [-0.25, -0.2) is 0 Å². The molecule has 2 heterocycles. The molecule has 3 nitrogen and oxygen atoms in total. The van der Waals surface area contributed by atoms with Crippen LogP contribution in [0.1, 0.15) is 32.6 Å². The number of halogens is 3. The van der Waals surface area contributed by atoms with E-state index in [9.17, 15) is 5.11 Å². The van der Waals surface area contributed by atoms with Gasteiger partial charge in [-0.2, -0.15) is 0 Å². The van der Waals surface area contributed by atoms with Crippen LogP contribution in [0.3, 0.4) is 0 Å². The van der Waals surface area contributed by atoms with Gasteiger partial charge >= 0.3 is 0 Å². The zero-order valence-corrected chi connectivity index (χ0v) is 16.7. The summed E-state index contributed by atoms with van der Waals surface area (Å²) in [4.78, 5) is 2.22. The number of rotatable bonds is 4. The van der Waals surface area contributed by atoms with Crippen molar-refractivity contribution in [1.82, 2.24) is 0 Å². The minimum absolute atomic E-state index is 0.0624. The van der Waals surface area contributed by atoms with Crippen LogP contribution in [0.25, 0.3) is 0 Å². The van der Waals surface area contributed by atoms with Crippen molar-refractivity contribution in [2.45, 2.75) is 72.8 Å². The Hall–Kier alpha value is 0.840. The molecule has 0 aromatic carbocycles. The van der Waals surface area contributed by atoms with E-state index < -0.39 is 6.10 Å². The van der Waals surface area contributed by atoms with E-state index >= 15 is 0 Å². The molecule has 2 saturated heterocycles. The van der Waals surface area contributed by atoms with Gasteiger partial charge in [-0.05, 0) is 25.3 Å². The van der Waals surface area contributed by atoms with Crippen molar-refractivity contribution in [2.24, 2.45) is 0 Å². The van der Waals surface area contributed by atoms with E-state index in [2.05, 4.69) is 60.4 Å². The lowest BCUT2D eigenvalue weighted by Crippen LogP contribution is -2.46. The molecule has 7 atom stereocenters. The topological polar surface area (TPSA) is 38.7 Å². The highest BCUT2D eigenvalue weighted by molar-refractivity contribution is 9.11. The van der Waals surface area contributed by atoms with Crippen molar-refractivity contribution < 1.29 is 14.6 Å². The van der Waals surface area contributed by atoms with Crippen LogP contribution in [-0.2, 0) is 9.47 Å². The largest absolute Gasteiger partial charge is 0.390 e. The normalized spacial score (nSPS) is 43.4. The summed E-state index contributed by atoms with van der Waals surface area (Å²) in [6.45, 7) is 2.11. The van der Waals surface area contributed by atoms with E-state index in [4.69, 9.17) is 9.47 Å². The molecule has 120 valence electrons. The molecule has 1 N–H and O–H groups in total. The highest BCUT2D eigenvalue weighted by Gasteiger charge is 2.40. The lowest BCUT2D eigenvalue weighted by molar-refractivity contribution is -0.128. The van der Waals surface area contributed by atoms with Gasteiger partial charge in [0.25, 0.3) is 0 Å². The Kier molecular flexibility index (Phi) is 7.47. The summed E-state index contributed by atoms with van der Waals surface area (Å²) in [7, 11) is 0. The van der Waals surface area contributed by atoms with Crippen LogP contribution in [0.15, 0.2) is 16.8 Å². The summed E-state index contributed by atoms with van der Waals surface area (Å²) in [5, 5.41) is 10.2. The van der Waals surface area contributed by atoms with Gasteiger partial charge in [0.1, 0.15) is 0 Å². The third-order valence-corrected chi connectivity index (χ3v) is 6.26. The average molecular weight is 489 g/mol. The first kappa shape index (κ1) is 18.2. The summed E-state index contributed by atoms with van der Waals surface area (Å²) in [6, 6.07) is 0. The predicted octanol–water partition coefficient (Wildman–Crippen LogP) is 4.05. The molecule has 2 rings (SSSR count). The zero-order chi connectivity index (χ0) is 15.4. The standard InChI is InChI=1S/C15H21Br3O3/c1-2-13-11(18)7-12(19)15(21-13)8-14-10(17)6-9(20-14)4-3-5-16/h4-5,9-15,19H,2,6-8H2,1H3/t3?,9-,10+,11+,12+,13-,14+,15+/m0/s1. The minimum Gasteiger partial charge on any atom is -0.390 e. The molecule has 0 aliphatic carbocycles. The number of aliphatic hydroxyl groups is 1. The van der Waals surface area contributed by atoms with Crippen molar-refractivity contribution >= 4 is 47.8 Å². The maximum Gasteiger partial charge on any atom is 0.0863 e. The fourth-order valence-electron chi connectivity index (χ4n) is 2.92. The second kappa shape index (κ2) is 8.62. The first-order valence-corrected chi connectivity index (χ1v) is 10.1. The molecule has 0 saturated carbocycles. The van der Waals surface area contributed by atoms with Crippen LogP contribution in [0.5, 0.6) is 0 Å². The van der Waals surface area contributed by atoms with E-state index in [1.807, 2.05) is 6.08 Å². The monoisotopic (exact) mass is 486 g/mol. The first-order valence-electron chi connectivity index (χ1n) is 7.33. The molecule has 0 aromatic heterocycles. The lowest BCUT2D eigenvalue weighted by atomic mass is 9.95. The van der Waals surface area contributed by atoms with Crippen LogP contribution in [0, 0.1) is 0 Å². The molecule has 2 aliphatic rings. The number of hydrogen-bond acceptors (Lipinski definition) is 3. The van der Waals surface area contributed by atoms with E-state index in [0.29, 0.717) is 0 Å². The molecule has 2 aliphatic heterocycles. The number of aliphatic hydroxyl groups excluding tert-OH is 1. The molecule has 0 bridgehead atoms. The molecular formula is C15H21Br3O3. The van der Waals surface area contributed by atoms with Crippen molar-refractivity contribution in [1.29, 1.82) is 0 Å². The van der Waals surface area contributed by atoms with Crippen LogP contribution < -0.4 is 0 Å². The van der Waals surface area contributed by atoms with Gasteiger partial charge in [-0.3, -0.25) is 0 Å². The molecule has 0 aromatic rings.